The van der Waals surface area contributed by atoms with E-state index in [1.807, 2.05) is 0 Å². The Labute approximate surface area is 87.9 Å². The number of halogens is 4. The molecule has 0 heterocycles. The van der Waals surface area contributed by atoms with Crippen LogP contribution in [0.3, 0.4) is 0 Å². The molecule has 0 saturated heterocycles. The zero-order valence-electron chi connectivity index (χ0n) is 7.45. The minimum absolute atomic E-state index is 0.112. The number of rotatable bonds is 2. The van der Waals surface area contributed by atoms with E-state index < -0.39 is 33.6 Å². The molecule has 2 N–H and O–H groups in total. The fraction of sp³-hybridized carbons (Fsp3) is 0.143. The van der Waals surface area contributed by atoms with Crippen LogP contribution in [0.15, 0.2) is 18.2 Å². The van der Waals surface area contributed by atoms with E-state index in [0.717, 1.165) is 0 Å². The molecular formula is C7H5F4NO3S. The van der Waals surface area contributed by atoms with Crippen molar-refractivity contribution in [3.05, 3.63) is 29.6 Å². The van der Waals surface area contributed by atoms with Crippen molar-refractivity contribution in [3.63, 3.8) is 0 Å². The van der Waals surface area contributed by atoms with Gasteiger partial charge in [0.1, 0.15) is 11.4 Å². The Bertz CT molecular complexity index is 497. The summed E-state index contributed by atoms with van der Waals surface area (Å²) in [6.07, 6.45) is -4.94. The highest BCUT2D eigenvalue weighted by molar-refractivity contribution is 7.84. The van der Waals surface area contributed by atoms with Crippen molar-refractivity contribution in [1.82, 2.24) is 0 Å². The van der Waals surface area contributed by atoms with Gasteiger partial charge in [-0.3, -0.25) is 0 Å². The lowest BCUT2D eigenvalue weighted by Gasteiger charge is -2.11. The van der Waals surface area contributed by atoms with Crippen LogP contribution in [-0.2, 0) is 16.5 Å². The van der Waals surface area contributed by atoms with Gasteiger partial charge in [0.25, 0.3) is 0 Å². The number of hydrogen-bond acceptors (Lipinski definition) is 3. The Morgan fingerprint density at radius 3 is 2.25 bits per heavy atom. The quantitative estimate of drug-likeness (QED) is 0.817. The highest BCUT2D eigenvalue weighted by Crippen LogP contribution is 2.36. The summed E-state index contributed by atoms with van der Waals surface area (Å²) in [7, 11) is -4.60. The molecule has 0 fully saturated rings. The van der Waals surface area contributed by atoms with Crippen LogP contribution >= 0.6 is 0 Å². The lowest BCUT2D eigenvalue weighted by molar-refractivity contribution is -0.138. The van der Waals surface area contributed by atoms with Crippen LogP contribution < -0.4 is 9.32 Å². The molecular weight excluding hydrogens is 254 g/mol. The van der Waals surface area contributed by atoms with Crippen LogP contribution in [0.4, 0.5) is 17.6 Å². The third-order valence-electron chi connectivity index (χ3n) is 1.45. The molecule has 0 aliphatic carbocycles. The van der Waals surface area contributed by atoms with Gasteiger partial charge < -0.3 is 4.18 Å². The number of nitrogens with two attached hydrogens (primary N) is 1. The van der Waals surface area contributed by atoms with Gasteiger partial charge in [0.15, 0.2) is 5.75 Å². The van der Waals surface area contributed by atoms with E-state index in [2.05, 4.69) is 9.32 Å². The molecule has 1 rings (SSSR count). The minimum atomic E-state index is -4.94. The van der Waals surface area contributed by atoms with Gasteiger partial charge in [-0.25, -0.2) is 4.39 Å². The lowest BCUT2D eigenvalue weighted by Crippen LogP contribution is -2.21. The summed E-state index contributed by atoms with van der Waals surface area (Å²) in [6.45, 7) is 0. The molecule has 0 spiro atoms. The predicted octanol–water partition coefficient (Wildman–Crippen LogP) is 1.43. The average Bonchev–Trinajstić information content (AvgIpc) is 2.04. The maximum absolute atomic E-state index is 12.6. The molecule has 0 unspecified atom stereocenters. The van der Waals surface area contributed by atoms with Crippen LogP contribution in [0, 0.1) is 5.82 Å². The molecule has 1 aromatic carbocycles. The van der Waals surface area contributed by atoms with Gasteiger partial charge in [0.05, 0.1) is 0 Å². The van der Waals surface area contributed by atoms with Crippen molar-refractivity contribution >= 4 is 10.3 Å². The van der Waals surface area contributed by atoms with E-state index in [0.29, 0.717) is 12.1 Å². The first kappa shape index (κ1) is 12.7. The van der Waals surface area contributed by atoms with Gasteiger partial charge in [0.2, 0.25) is 0 Å². The van der Waals surface area contributed by atoms with E-state index >= 15 is 0 Å². The summed E-state index contributed by atoms with van der Waals surface area (Å²) in [4.78, 5) is 0. The van der Waals surface area contributed by atoms with E-state index in [4.69, 9.17) is 0 Å². The van der Waals surface area contributed by atoms with Gasteiger partial charge in [-0.05, 0) is 18.2 Å². The van der Waals surface area contributed by atoms with Crippen molar-refractivity contribution in [1.29, 1.82) is 0 Å². The van der Waals surface area contributed by atoms with E-state index in [9.17, 15) is 26.0 Å². The van der Waals surface area contributed by atoms with Gasteiger partial charge >= 0.3 is 16.5 Å². The van der Waals surface area contributed by atoms with E-state index in [-0.39, 0.29) is 6.07 Å². The number of alkyl halides is 3. The summed E-state index contributed by atoms with van der Waals surface area (Å²) in [5.74, 6) is -2.24. The monoisotopic (exact) mass is 259 g/mol. The molecule has 0 amide bonds. The first-order chi connectivity index (χ1) is 7.09. The molecule has 0 bridgehead atoms. The van der Waals surface area contributed by atoms with Crippen LogP contribution in [-0.4, -0.2) is 8.42 Å². The summed E-state index contributed by atoms with van der Waals surface area (Å²) < 4.78 is 74.3. The van der Waals surface area contributed by atoms with Crippen LogP contribution in [0.5, 0.6) is 5.75 Å². The third kappa shape index (κ3) is 3.35. The summed E-state index contributed by atoms with van der Waals surface area (Å²) in [6, 6.07) is 1.26. The Kier molecular flexibility index (Phi) is 3.10. The average molecular weight is 259 g/mol. The van der Waals surface area contributed by atoms with Crippen LogP contribution in [0.2, 0.25) is 0 Å². The second-order valence-electron chi connectivity index (χ2n) is 2.71. The van der Waals surface area contributed by atoms with Gasteiger partial charge in [-0.2, -0.15) is 26.7 Å². The molecule has 0 atom stereocenters. The first-order valence-electron chi connectivity index (χ1n) is 3.68. The maximum atomic E-state index is 12.6. The molecule has 9 heteroatoms. The molecule has 90 valence electrons. The second kappa shape index (κ2) is 3.91. The van der Waals surface area contributed by atoms with Crippen molar-refractivity contribution in [3.8, 4) is 5.75 Å². The summed E-state index contributed by atoms with van der Waals surface area (Å²) >= 11 is 0. The smallest absolute Gasteiger partial charge is 0.370 e. The van der Waals surface area contributed by atoms with Gasteiger partial charge in [0, 0.05) is 0 Å². The van der Waals surface area contributed by atoms with E-state index in [1.165, 1.54) is 0 Å². The Balaban J connectivity index is 3.29. The maximum Gasteiger partial charge on any atom is 0.420 e. The highest BCUT2D eigenvalue weighted by atomic mass is 32.2. The highest BCUT2D eigenvalue weighted by Gasteiger charge is 2.35. The largest absolute Gasteiger partial charge is 0.420 e. The zero-order chi connectivity index (χ0) is 12.6. The number of benzene rings is 1. The second-order valence-corrected chi connectivity index (χ2v) is 3.87. The Morgan fingerprint density at radius 2 is 1.81 bits per heavy atom. The Morgan fingerprint density at radius 1 is 1.25 bits per heavy atom. The SMILES string of the molecule is NS(=O)(=O)Oc1ccc(F)cc1C(F)(F)F. The predicted molar refractivity (Wildman–Crippen MR) is 45.1 cm³/mol. The van der Waals surface area contributed by atoms with Crippen molar-refractivity contribution in [2.24, 2.45) is 5.14 Å². The molecule has 16 heavy (non-hydrogen) atoms. The van der Waals surface area contributed by atoms with Crippen molar-refractivity contribution in [2.45, 2.75) is 6.18 Å². The normalized spacial score (nSPS) is 12.6. The molecule has 0 aliphatic rings. The van der Waals surface area contributed by atoms with Gasteiger partial charge in [-0.15, -0.1) is 0 Å². The molecule has 0 saturated carbocycles. The first-order valence-corrected chi connectivity index (χ1v) is 5.16. The van der Waals surface area contributed by atoms with E-state index in [1.54, 1.807) is 0 Å². The molecule has 4 nitrogen and oxygen atoms in total. The lowest BCUT2D eigenvalue weighted by atomic mass is 10.2. The molecule has 0 radical (unpaired) electrons. The molecule has 1 aromatic rings. The fourth-order valence-corrected chi connectivity index (χ4v) is 1.32. The standard InChI is InChI=1S/C7H5F4NO3S/c8-4-1-2-6(15-16(12,13)14)5(3-4)7(9,10)11/h1-3H,(H2,12,13,14). The Hall–Kier alpha value is -1.35. The van der Waals surface area contributed by atoms with Crippen molar-refractivity contribution in [2.75, 3.05) is 0 Å². The topological polar surface area (TPSA) is 69.4 Å². The zero-order valence-corrected chi connectivity index (χ0v) is 8.27. The van der Waals surface area contributed by atoms with Gasteiger partial charge in [-0.1, -0.05) is 0 Å². The molecule has 0 aliphatic heterocycles. The summed E-state index contributed by atoms with van der Waals surface area (Å²) in [5, 5.41) is 4.41. The third-order valence-corrected chi connectivity index (χ3v) is 1.86. The van der Waals surface area contributed by atoms with Crippen LogP contribution in [0.1, 0.15) is 5.56 Å². The fourth-order valence-electron chi connectivity index (χ4n) is 0.922. The summed E-state index contributed by atoms with van der Waals surface area (Å²) in [5.41, 5.74) is -1.55. The van der Waals surface area contributed by atoms with Crippen LogP contribution in [0.25, 0.3) is 0 Å². The minimum Gasteiger partial charge on any atom is -0.370 e. The molecule has 0 aromatic heterocycles. The van der Waals surface area contributed by atoms with Crippen molar-refractivity contribution < 1.29 is 30.2 Å². The number of hydrogen-bond donors (Lipinski definition) is 1.